The van der Waals surface area contributed by atoms with E-state index in [0.717, 1.165) is 6.42 Å². The van der Waals surface area contributed by atoms with Crippen LogP contribution in [-0.2, 0) is 12.8 Å². The molecule has 1 N–H and O–H groups in total. The summed E-state index contributed by atoms with van der Waals surface area (Å²) in [6, 6.07) is 6.51. The zero-order chi connectivity index (χ0) is 9.54. The van der Waals surface area contributed by atoms with Gasteiger partial charge in [0.25, 0.3) is 0 Å². The Balaban J connectivity index is 1.82. The summed E-state index contributed by atoms with van der Waals surface area (Å²) in [6.45, 7) is 2.54. The maximum atomic E-state index is 9.38. The lowest BCUT2D eigenvalue weighted by Crippen LogP contribution is -2.45. The van der Waals surface area contributed by atoms with E-state index < -0.39 is 0 Å². The quantitative estimate of drug-likeness (QED) is 0.724. The van der Waals surface area contributed by atoms with Gasteiger partial charge in [-0.3, -0.25) is 4.90 Å². The lowest BCUT2D eigenvalue weighted by Gasteiger charge is -2.36. The fraction of sp³-hybridized carbons (Fsp3) is 0.500. The molecule has 1 atom stereocenters. The van der Waals surface area contributed by atoms with Crippen LogP contribution in [0.3, 0.4) is 0 Å². The number of phenolic OH excluding ortho intramolecular Hbond substituents is 1. The molecule has 1 unspecified atom stereocenters. The van der Waals surface area contributed by atoms with Crippen molar-refractivity contribution in [2.75, 3.05) is 13.1 Å². The summed E-state index contributed by atoms with van der Waals surface area (Å²) < 4.78 is 0. The summed E-state index contributed by atoms with van der Waals surface area (Å²) in [5, 5.41) is 9.38. The van der Waals surface area contributed by atoms with Crippen molar-refractivity contribution < 1.29 is 5.11 Å². The first kappa shape index (κ1) is 8.30. The molecule has 2 heteroatoms. The van der Waals surface area contributed by atoms with Crippen molar-refractivity contribution in [3.05, 3.63) is 29.3 Å². The molecule has 2 aliphatic rings. The molecule has 0 aromatic heterocycles. The van der Waals surface area contributed by atoms with Crippen LogP contribution < -0.4 is 0 Å². The smallest absolute Gasteiger partial charge is 0.115 e. The molecule has 1 aromatic rings. The van der Waals surface area contributed by atoms with Gasteiger partial charge in [0.2, 0.25) is 0 Å². The standard InChI is InChI=1S/C12H15NO/c14-12-3-2-9-6-11(7-10(9)8-12)13-4-1-5-13/h2-3,8,11,14H,1,4-7H2. The van der Waals surface area contributed by atoms with Crippen LogP contribution in [0.25, 0.3) is 0 Å². The van der Waals surface area contributed by atoms with Crippen molar-refractivity contribution in [3.63, 3.8) is 0 Å². The van der Waals surface area contributed by atoms with Crippen molar-refractivity contribution in [1.82, 2.24) is 4.90 Å². The number of phenols is 1. The van der Waals surface area contributed by atoms with Crippen LogP contribution in [0.1, 0.15) is 17.5 Å². The summed E-state index contributed by atoms with van der Waals surface area (Å²) >= 11 is 0. The third-order valence-corrected chi connectivity index (χ3v) is 3.51. The van der Waals surface area contributed by atoms with E-state index in [1.807, 2.05) is 6.07 Å². The Hall–Kier alpha value is -1.02. The Morgan fingerprint density at radius 2 is 1.93 bits per heavy atom. The number of benzene rings is 1. The summed E-state index contributed by atoms with van der Waals surface area (Å²) in [5.74, 6) is 0.410. The number of hydrogen-bond acceptors (Lipinski definition) is 2. The Morgan fingerprint density at radius 1 is 1.14 bits per heavy atom. The SMILES string of the molecule is Oc1ccc2c(c1)CC(N1CCC1)C2. The zero-order valence-electron chi connectivity index (χ0n) is 8.24. The second-order valence-electron chi connectivity index (χ2n) is 4.40. The van der Waals surface area contributed by atoms with Crippen molar-refractivity contribution >= 4 is 0 Å². The Bertz CT molecular complexity index is 357. The monoisotopic (exact) mass is 189 g/mol. The van der Waals surface area contributed by atoms with Crippen molar-refractivity contribution in [3.8, 4) is 5.75 Å². The zero-order valence-corrected chi connectivity index (χ0v) is 8.24. The van der Waals surface area contributed by atoms with E-state index in [2.05, 4.69) is 11.0 Å². The van der Waals surface area contributed by atoms with Gasteiger partial charge in [-0.1, -0.05) is 6.07 Å². The molecule has 1 aliphatic heterocycles. The molecule has 3 rings (SSSR count). The molecule has 0 spiro atoms. The van der Waals surface area contributed by atoms with E-state index in [1.165, 1.54) is 37.1 Å². The second kappa shape index (κ2) is 2.99. The van der Waals surface area contributed by atoms with Crippen LogP contribution in [0.2, 0.25) is 0 Å². The Morgan fingerprint density at radius 3 is 2.64 bits per heavy atom. The lowest BCUT2D eigenvalue weighted by molar-refractivity contribution is 0.123. The fourth-order valence-corrected chi connectivity index (χ4v) is 2.55. The molecule has 1 fully saturated rings. The van der Waals surface area contributed by atoms with Gasteiger partial charge >= 0.3 is 0 Å². The molecule has 74 valence electrons. The van der Waals surface area contributed by atoms with Crippen molar-refractivity contribution in [1.29, 1.82) is 0 Å². The Kier molecular flexibility index (Phi) is 1.77. The second-order valence-corrected chi connectivity index (χ2v) is 4.40. The van der Waals surface area contributed by atoms with Crippen molar-refractivity contribution in [2.24, 2.45) is 0 Å². The van der Waals surface area contributed by atoms with Gasteiger partial charge in [0.1, 0.15) is 5.75 Å². The molecule has 2 nitrogen and oxygen atoms in total. The summed E-state index contributed by atoms with van der Waals surface area (Å²) in [4.78, 5) is 2.55. The average Bonchev–Trinajstić information content (AvgIpc) is 2.43. The third kappa shape index (κ3) is 1.22. The van der Waals surface area contributed by atoms with Gasteiger partial charge < -0.3 is 5.11 Å². The van der Waals surface area contributed by atoms with Gasteiger partial charge in [-0.05, 0) is 55.6 Å². The molecule has 14 heavy (non-hydrogen) atoms. The van der Waals surface area contributed by atoms with E-state index in [1.54, 1.807) is 6.07 Å². The molecule has 0 saturated carbocycles. The molecule has 1 aliphatic carbocycles. The van der Waals surface area contributed by atoms with Gasteiger partial charge in [0.05, 0.1) is 0 Å². The van der Waals surface area contributed by atoms with Crippen LogP contribution in [-0.4, -0.2) is 29.1 Å². The highest BCUT2D eigenvalue weighted by Gasteiger charge is 2.29. The van der Waals surface area contributed by atoms with Gasteiger partial charge in [-0.25, -0.2) is 0 Å². The molecular formula is C12H15NO. The van der Waals surface area contributed by atoms with Gasteiger partial charge in [0.15, 0.2) is 0 Å². The maximum Gasteiger partial charge on any atom is 0.115 e. The van der Waals surface area contributed by atoms with E-state index in [9.17, 15) is 5.11 Å². The number of nitrogens with zero attached hydrogens (tertiary/aromatic N) is 1. The summed E-state index contributed by atoms with van der Waals surface area (Å²) in [7, 11) is 0. The minimum Gasteiger partial charge on any atom is -0.508 e. The topological polar surface area (TPSA) is 23.5 Å². The number of aromatic hydroxyl groups is 1. The van der Waals surface area contributed by atoms with Crippen LogP contribution in [0.5, 0.6) is 5.75 Å². The maximum absolute atomic E-state index is 9.38. The van der Waals surface area contributed by atoms with Crippen LogP contribution in [0.15, 0.2) is 18.2 Å². The molecule has 0 bridgehead atoms. The predicted octanol–water partition coefficient (Wildman–Crippen LogP) is 1.57. The molecule has 1 heterocycles. The summed E-state index contributed by atoms with van der Waals surface area (Å²) in [5.41, 5.74) is 2.78. The molecule has 0 radical (unpaired) electrons. The minimum atomic E-state index is 0.410. The highest BCUT2D eigenvalue weighted by atomic mass is 16.3. The largest absolute Gasteiger partial charge is 0.508 e. The van der Waals surface area contributed by atoms with E-state index in [-0.39, 0.29) is 0 Å². The summed E-state index contributed by atoms with van der Waals surface area (Å²) in [6.07, 6.45) is 3.66. The normalized spacial score (nSPS) is 25.9. The molecular weight excluding hydrogens is 174 g/mol. The van der Waals surface area contributed by atoms with E-state index in [0.29, 0.717) is 11.8 Å². The number of fused-ring (bicyclic) bond motifs is 1. The van der Waals surface area contributed by atoms with Crippen LogP contribution >= 0.6 is 0 Å². The van der Waals surface area contributed by atoms with Crippen LogP contribution in [0.4, 0.5) is 0 Å². The molecule has 1 aromatic carbocycles. The lowest BCUT2D eigenvalue weighted by atomic mass is 10.1. The molecule has 0 amide bonds. The Labute approximate surface area is 84.2 Å². The first-order chi connectivity index (χ1) is 6.83. The van der Waals surface area contributed by atoms with Gasteiger partial charge in [-0.2, -0.15) is 0 Å². The van der Waals surface area contributed by atoms with Crippen molar-refractivity contribution in [2.45, 2.75) is 25.3 Å². The highest BCUT2D eigenvalue weighted by Crippen LogP contribution is 2.30. The number of likely N-dealkylation sites (tertiary alicyclic amines) is 1. The predicted molar refractivity (Wildman–Crippen MR) is 55.5 cm³/mol. The minimum absolute atomic E-state index is 0.410. The van der Waals surface area contributed by atoms with Crippen LogP contribution in [0, 0.1) is 0 Å². The van der Waals surface area contributed by atoms with E-state index >= 15 is 0 Å². The van der Waals surface area contributed by atoms with E-state index in [4.69, 9.17) is 0 Å². The molecule has 1 saturated heterocycles. The third-order valence-electron chi connectivity index (χ3n) is 3.51. The van der Waals surface area contributed by atoms with Gasteiger partial charge in [0, 0.05) is 6.04 Å². The highest BCUT2D eigenvalue weighted by molar-refractivity contribution is 5.39. The number of hydrogen-bond donors (Lipinski definition) is 1. The van der Waals surface area contributed by atoms with Gasteiger partial charge in [-0.15, -0.1) is 0 Å². The first-order valence-electron chi connectivity index (χ1n) is 5.38. The average molecular weight is 189 g/mol. The fourth-order valence-electron chi connectivity index (χ4n) is 2.55. The first-order valence-corrected chi connectivity index (χ1v) is 5.38. The number of rotatable bonds is 1.